The molecule has 0 aliphatic carbocycles. The summed E-state index contributed by atoms with van der Waals surface area (Å²) >= 11 is 3.40. The topological polar surface area (TPSA) is 32.7 Å². The van der Waals surface area contributed by atoms with Crippen LogP contribution in [-0.2, 0) is 4.74 Å². The van der Waals surface area contributed by atoms with Crippen molar-refractivity contribution in [2.45, 2.75) is 32.4 Å². The Hall–Kier alpha value is -0.420. The Labute approximate surface area is 124 Å². The summed E-state index contributed by atoms with van der Waals surface area (Å²) < 4.78 is 6.22. The molecule has 4 heteroatoms. The molecule has 3 nitrogen and oxygen atoms in total. The molecule has 0 heterocycles. The van der Waals surface area contributed by atoms with Gasteiger partial charge in [-0.3, -0.25) is 4.90 Å². The van der Waals surface area contributed by atoms with Crippen LogP contribution in [0.2, 0.25) is 0 Å². The Bertz CT molecular complexity index is 356. The zero-order valence-electron chi connectivity index (χ0n) is 12.0. The van der Waals surface area contributed by atoms with Gasteiger partial charge in [0, 0.05) is 24.2 Å². The molecule has 0 bridgehead atoms. The first-order valence-electron chi connectivity index (χ1n) is 6.75. The number of aliphatic hydroxyl groups excluding tert-OH is 1. The Kier molecular flexibility index (Phi) is 7.61. The van der Waals surface area contributed by atoms with Crippen LogP contribution in [0.25, 0.3) is 0 Å². The number of ether oxygens (including phenoxy) is 1. The molecular formula is C15H24BrNO2. The molecule has 19 heavy (non-hydrogen) atoms. The van der Waals surface area contributed by atoms with E-state index in [9.17, 15) is 5.11 Å². The highest BCUT2D eigenvalue weighted by Crippen LogP contribution is 2.20. The molecule has 1 N–H and O–H groups in total. The third-order valence-electron chi connectivity index (χ3n) is 3.38. The Morgan fingerprint density at radius 3 is 2.47 bits per heavy atom. The lowest BCUT2D eigenvalue weighted by atomic mass is 10.1. The van der Waals surface area contributed by atoms with E-state index in [1.54, 1.807) is 7.11 Å². The predicted octanol–water partition coefficient (Wildman–Crippen LogP) is 3.23. The maximum Gasteiger partial charge on any atom is 0.0802 e. The van der Waals surface area contributed by atoms with Crippen molar-refractivity contribution in [2.24, 2.45) is 0 Å². The third-order valence-corrected chi connectivity index (χ3v) is 3.91. The van der Waals surface area contributed by atoms with Crippen molar-refractivity contribution in [1.29, 1.82) is 0 Å². The van der Waals surface area contributed by atoms with Gasteiger partial charge in [-0.1, -0.05) is 35.0 Å². The largest absolute Gasteiger partial charge is 0.388 e. The molecular weight excluding hydrogens is 306 g/mol. The number of aliphatic hydroxyl groups is 1. The minimum atomic E-state index is -0.406. The van der Waals surface area contributed by atoms with Crippen LogP contribution in [0.3, 0.4) is 0 Å². The molecule has 2 atom stereocenters. The Morgan fingerprint density at radius 1 is 1.32 bits per heavy atom. The van der Waals surface area contributed by atoms with Gasteiger partial charge in [-0.05, 0) is 37.6 Å². The van der Waals surface area contributed by atoms with Crippen LogP contribution in [0, 0.1) is 0 Å². The summed E-state index contributed by atoms with van der Waals surface area (Å²) in [7, 11) is 1.72. The molecule has 1 aromatic carbocycles. The van der Waals surface area contributed by atoms with Gasteiger partial charge in [0.25, 0.3) is 0 Å². The van der Waals surface area contributed by atoms with Crippen LogP contribution in [-0.4, -0.2) is 42.9 Å². The number of nitrogens with zero attached hydrogens (tertiary/aromatic N) is 1. The maximum absolute atomic E-state index is 10.2. The fourth-order valence-electron chi connectivity index (χ4n) is 2.18. The van der Waals surface area contributed by atoms with Crippen LogP contribution in [0.15, 0.2) is 28.7 Å². The molecule has 0 aliphatic heterocycles. The highest BCUT2D eigenvalue weighted by atomic mass is 79.9. The van der Waals surface area contributed by atoms with Crippen LogP contribution in [0.4, 0.5) is 0 Å². The van der Waals surface area contributed by atoms with Crippen molar-refractivity contribution in [2.75, 3.05) is 26.8 Å². The van der Waals surface area contributed by atoms with Gasteiger partial charge in [0.1, 0.15) is 0 Å². The quantitative estimate of drug-likeness (QED) is 0.794. The average molecular weight is 330 g/mol. The average Bonchev–Trinajstić information content (AvgIpc) is 2.40. The fraction of sp³-hybridized carbons (Fsp3) is 0.600. The second-order valence-corrected chi connectivity index (χ2v) is 5.70. The number of halogens is 1. The summed E-state index contributed by atoms with van der Waals surface area (Å²) in [4.78, 5) is 2.32. The summed E-state index contributed by atoms with van der Waals surface area (Å²) in [6.07, 6.45) is 0.334. The first kappa shape index (κ1) is 16.6. The van der Waals surface area contributed by atoms with Gasteiger partial charge in [0.15, 0.2) is 0 Å². The molecule has 1 rings (SSSR count). The fourth-order valence-corrected chi connectivity index (χ4v) is 2.44. The number of likely N-dealkylation sites (N-methyl/N-ethyl adjacent to an activating group) is 1. The first-order chi connectivity index (χ1) is 9.08. The van der Waals surface area contributed by atoms with E-state index in [4.69, 9.17) is 4.74 Å². The standard InChI is InChI=1S/C15H24BrNO2/c1-4-17(12(2)11-19-3)10-9-15(18)13-5-7-14(16)8-6-13/h5-8,12,15,18H,4,9-11H2,1-3H3. The van der Waals surface area contributed by atoms with Gasteiger partial charge in [0.05, 0.1) is 12.7 Å². The molecule has 0 spiro atoms. The Balaban J connectivity index is 2.47. The van der Waals surface area contributed by atoms with Crippen molar-refractivity contribution in [3.05, 3.63) is 34.3 Å². The zero-order chi connectivity index (χ0) is 14.3. The molecule has 0 radical (unpaired) electrons. The van der Waals surface area contributed by atoms with Gasteiger partial charge < -0.3 is 9.84 Å². The summed E-state index contributed by atoms with van der Waals surface area (Å²) in [6.45, 7) is 6.86. The lowest BCUT2D eigenvalue weighted by Gasteiger charge is -2.28. The van der Waals surface area contributed by atoms with Crippen molar-refractivity contribution in [3.8, 4) is 0 Å². The van der Waals surface area contributed by atoms with Crippen molar-refractivity contribution >= 4 is 15.9 Å². The van der Waals surface area contributed by atoms with Gasteiger partial charge in [-0.25, -0.2) is 0 Å². The number of hydrogen-bond donors (Lipinski definition) is 1. The monoisotopic (exact) mass is 329 g/mol. The van der Waals surface area contributed by atoms with Crippen molar-refractivity contribution in [1.82, 2.24) is 4.90 Å². The third kappa shape index (κ3) is 5.61. The van der Waals surface area contributed by atoms with Crippen LogP contribution >= 0.6 is 15.9 Å². The van der Waals surface area contributed by atoms with Crippen molar-refractivity contribution < 1.29 is 9.84 Å². The van der Waals surface area contributed by atoms with E-state index in [0.29, 0.717) is 6.04 Å². The molecule has 108 valence electrons. The van der Waals surface area contributed by atoms with E-state index < -0.39 is 6.10 Å². The van der Waals surface area contributed by atoms with E-state index in [1.165, 1.54) is 0 Å². The maximum atomic E-state index is 10.2. The SMILES string of the molecule is CCN(CCC(O)c1ccc(Br)cc1)C(C)COC. The number of hydrogen-bond acceptors (Lipinski definition) is 3. The normalized spacial score (nSPS) is 14.6. The lowest BCUT2D eigenvalue weighted by molar-refractivity contribution is 0.0841. The lowest BCUT2D eigenvalue weighted by Crippen LogP contribution is -2.37. The van der Waals surface area contributed by atoms with Gasteiger partial charge >= 0.3 is 0 Å². The number of rotatable bonds is 8. The van der Waals surface area contributed by atoms with Crippen LogP contribution in [0.5, 0.6) is 0 Å². The van der Waals surface area contributed by atoms with Crippen molar-refractivity contribution in [3.63, 3.8) is 0 Å². The molecule has 0 amide bonds. The number of methoxy groups -OCH3 is 1. The molecule has 0 saturated carbocycles. The number of benzene rings is 1. The first-order valence-corrected chi connectivity index (χ1v) is 7.54. The van der Waals surface area contributed by atoms with Gasteiger partial charge in [-0.15, -0.1) is 0 Å². The minimum Gasteiger partial charge on any atom is -0.388 e. The van der Waals surface area contributed by atoms with E-state index in [-0.39, 0.29) is 0 Å². The molecule has 0 saturated heterocycles. The molecule has 0 fully saturated rings. The summed E-state index contributed by atoms with van der Waals surface area (Å²) in [5.41, 5.74) is 0.971. The van der Waals surface area contributed by atoms with E-state index in [1.807, 2.05) is 24.3 Å². The second-order valence-electron chi connectivity index (χ2n) is 4.79. The highest BCUT2D eigenvalue weighted by molar-refractivity contribution is 9.10. The summed E-state index contributed by atoms with van der Waals surface area (Å²) in [6, 6.07) is 8.23. The molecule has 0 aliphatic rings. The Morgan fingerprint density at radius 2 is 1.95 bits per heavy atom. The summed E-state index contributed by atoms with van der Waals surface area (Å²) in [5.74, 6) is 0. The van der Waals surface area contributed by atoms with Gasteiger partial charge in [-0.2, -0.15) is 0 Å². The predicted molar refractivity (Wildman–Crippen MR) is 82.3 cm³/mol. The highest BCUT2D eigenvalue weighted by Gasteiger charge is 2.14. The van der Waals surface area contributed by atoms with Gasteiger partial charge in [0.2, 0.25) is 0 Å². The molecule has 1 aromatic rings. The second kappa shape index (κ2) is 8.69. The molecule has 0 aromatic heterocycles. The van der Waals surface area contributed by atoms with E-state index in [2.05, 4.69) is 34.7 Å². The smallest absolute Gasteiger partial charge is 0.0802 e. The summed E-state index contributed by atoms with van der Waals surface area (Å²) in [5, 5.41) is 10.2. The zero-order valence-corrected chi connectivity index (χ0v) is 13.6. The van der Waals surface area contributed by atoms with E-state index in [0.717, 1.165) is 36.2 Å². The van der Waals surface area contributed by atoms with E-state index >= 15 is 0 Å². The van der Waals surface area contributed by atoms with Crippen LogP contribution < -0.4 is 0 Å². The minimum absolute atomic E-state index is 0.382. The molecule has 2 unspecified atom stereocenters. The van der Waals surface area contributed by atoms with Crippen LogP contribution in [0.1, 0.15) is 31.9 Å².